The lowest BCUT2D eigenvalue weighted by molar-refractivity contribution is -0.122. The number of halogens is 2. The molecule has 0 radical (unpaired) electrons. The van der Waals surface area contributed by atoms with Gasteiger partial charge in [0.2, 0.25) is 5.91 Å². The van der Waals surface area contributed by atoms with E-state index < -0.39 is 0 Å². The van der Waals surface area contributed by atoms with Crippen LogP contribution in [0.5, 0.6) is 6.01 Å². The van der Waals surface area contributed by atoms with Gasteiger partial charge in [-0.25, -0.2) is 4.68 Å². The van der Waals surface area contributed by atoms with Crippen molar-refractivity contribution in [3.63, 3.8) is 0 Å². The quantitative estimate of drug-likeness (QED) is 0.470. The van der Waals surface area contributed by atoms with Crippen molar-refractivity contribution < 1.29 is 9.53 Å². The molecule has 0 aliphatic heterocycles. The average molecular weight is 459 g/mol. The van der Waals surface area contributed by atoms with Gasteiger partial charge in [0.25, 0.3) is 0 Å². The third kappa shape index (κ3) is 5.02. The van der Waals surface area contributed by atoms with Crippen LogP contribution >= 0.6 is 23.2 Å². The summed E-state index contributed by atoms with van der Waals surface area (Å²) in [5.41, 5.74) is 2.31. The number of anilines is 1. The Bertz CT molecular complexity index is 1080. The summed E-state index contributed by atoms with van der Waals surface area (Å²) in [7, 11) is 0. The summed E-state index contributed by atoms with van der Waals surface area (Å²) in [5, 5.41) is 8.43. The van der Waals surface area contributed by atoms with Crippen LogP contribution in [0.1, 0.15) is 33.1 Å². The zero-order chi connectivity index (χ0) is 22.0. The Morgan fingerprint density at radius 1 is 1.16 bits per heavy atom. The summed E-state index contributed by atoms with van der Waals surface area (Å²) >= 11 is 12.3. The fraction of sp³-hybridized carbons (Fsp3) is 0.348. The highest BCUT2D eigenvalue weighted by Gasteiger charge is 2.25. The number of aromatic nitrogens is 3. The topological polar surface area (TPSA) is 69.0 Å². The summed E-state index contributed by atoms with van der Waals surface area (Å²) in [4.78, 5) is 16.8. The molecule has 1 heterocycles. The number of nitrogens with zero attached hydrogens (tertiary/aromatic N) is 3. The molecule has 1 aliphatic carbocycles. The smallest absolute Gasteiger partial charge is 0.336 e. The molecule has 1 amide bonds. The van der Waals surface area contributed by atoms with Crippen molar-refractivity contribution in [1.82, 2.24) is 14.8 Å². The van der Waals surface area contributed by atoms with E-state index in [2.05, 4.69) is 29.2 Å². The minimum absolute atomic E-state index is 0.0839. The van der Waals surface area contributed by atoms with Gasteiger partial charge in [-0.2, -0.15) is 4.98 Å². The van der Waals surface area contributed by atoms with Gasteiger partial charge in [0.1, 0.15) is 0 Å². The molecule has 6 nitrogen and oxygen atoms in total. The molecule has 0 saturated heterocycles. The predicted octanol–water partition coefficient (Wildman–Crippen LogP) is 6.01. The van der Waals surface area contributed by atoms with Gasteiger partial charge in [-0.05, 0) is 61.2 Å². The molecule has 1 fully saturated rings. The lowest BCUT2D eigenvalue weighted by atomic mass is 9.85. The van der Waals surface area contributed by atoms with Crippen LogP contribution in [0.2, 0.25) is 10.0 Å². The van der Waals surface area contributed by atoms with Gasteiger partial charge in [0, 0.05) is 17.2 Å². The molecule has 0 spiro atoms. The Kier molecular flexibility index (Phi) is 6.49. The number of nitrogens with one attached hydrogen (secondary N) is 1. The van der Waals surface area contributed by atoms with E-state index in [1.165, 1.54) is 0 Å². The number of amides is 1. The molecule has 0 bridgehead atoms. The first-order valence-electron chi connectivity index (χ1n) is 10.4. The molecule has 2 aromatic carbocycles. The Morgan fingerprint density at radius 2 is 1.90 bits per heavy atom. The second kappa shape index (κ2) is 9.28. The van der Waals surface area contributed by atoms with E-state index in [1.54, 1.807) is 16.8 Å². The largest absolute Gasteiger partial charge is 0.462 e. The normalized spacial score (nSPS) is 13.8. The third-order valence-electron chi connectivity index (χ3n) is 5.17. The van der Waals surface area contributed by atoms with Gasteiger partial charge in [0.05, 0.1) is 22.3 Å². The minimum atomic E-state index is 0.0839. The van der Waals surface area contributed by atoms with Crippen molar-refractivity contribution in [2.24, 2.45) is 11.8 Å². The van der Waals surface area contributed by atoms with Gasteiger partial charge >= 0.3 is 6.01 Å². The van der Waals surface area contributed by atoms with Crippen molar-refractivity contribution in [3.8, 4) is 23.1 Å². The minimum Gasteiger partial charge on any atom is -0.462 e. The first-order chi connectivity index (χ1) is 14.9. The number of carbonyl (C=O) groups excluding carboxylic acids is 1. The van der Waals surface area contributed by atoms with Crippen LogP contribution in [0.25, 0.3) is 17.1 Å². The number of benzene rings is 2. The highest BCUT2D eigenvalue weighted by Crippen LogP contribution is 2.31. The Labute approximate surface area is 191 Å². The first-order valence-corrected chi connectivity index (χ1v) is 11.1. The second-order valence-electron chi connectivity index (χ2n) is 8.13. The maximum absolute atomic E-state index is 12.2. The number of hydrogen-bond acceptors (Lipinski definition) is 4. The van der Waals surface area contributed by atoms with Crippen molar-refractivity contribution in [2.75, 3.05) is 11.9 Å². The lowest BCUT2D eigenvalue weighted by Crippen LogP contribution is -2.27. The van der Waals surface area contributed by atoms with Crippen molar-refractivity contribution in [1.29, 1.82) is 0 Å². The monoisotopic (exact) mass is 458 g/mol. The fourth-order valence-corrected chi connectivity index (χ4v) is 3.50. The van der Waals surface area contributed by atoms with E-state index in [-0.39, 0.29) is 17.8 Å². The van der Waals surface area contributed by atoms with E-state index in [0.717, 1.165) is 36.2 Å². The molecule has 3 aromatic rings. The lowest BCUT2D eigenvalue weighted by Gasteiger charge is -2.24. The van der Waals surface area contributed by atoms with E-state index in [1.807, 2.05) is 30.3 Å². The second-order valence-corrected chi connectivity index (χ2v) is 8.94. The number of rotatable bonds is 7. The highest BCUT2D eigenvalue weighted by atomic mass is 35.5. The van der Waals surface area contributed by atoms with Gasteiger partial charge in [-0.1, -0.05) is 43.5 Å². The first kappa shape index (κ1) is 21.7. The molecule has 0 unspecified atom stereocenters. The van der Waals surface area contributed by atoms with E-state index in [0.29, 0.717) is 28.4 Å². The zero-order valence-corrected chi connectivity index (χ0v) is 19.0. The van der Waals surface area contributed by atoms with E-state index in [4.69, 9.17) is 27.9 Å². The SMILES string of the molecule is CC(C)COc1nc(-c2ccc(Cl)c(Cl)c2)n(-c2ccc(NC(=O)C3CCC3)cc2)n1. The van der Waals surface area contributed by atoms with E-state index >= 15 is 0 Å². The van der Waals surface area contributed by atoms with Crippen LogP contribution in [0.4, 0.5) is 5.69 Å². The molecule has 1 N–H and O–H groups in total. The molecule has 1 saturated carbocycles. The highest BCUT2D eigenvalue weighted by molar-refractivity contribution is 6.42. The summed E-state index contributed by atoms with van der Waals surface area (Å²) in [6.45, 7) is 4.64. The van der Waals surface area contributed by atoms with Crippen molar-refractivity contribution >= 4 is 34.8 Å². The van der Waals surface area contributed by atoms with Crippen molar-refractivity contribution in [2.45, 2.75) is 33.1 Å². The van der Waals surface area contributed by atoms with Crippen LogP contribution in [0.3, 0.4) is 0 Å². The molecular formula is C23H24Cl2N4O2. The van der Waals surface area contributed by atoms with Gasteiger partial charge in [0.15, 0.2) is 5.82 Å². The molecule has 1 aliphatic rings. The van der Waals surface area contributed by atoms with Gasteiger partial charge in [-0.15, -0.1) is 5.10 Å². The predicted molar refractivity (Wildman–Crippen MR) is 123 cm³/mol. The fourth-order valence-electron chi connectivity index (χ4n) is 3.20. The van der Waals surface area contributed by atoms with Gasteiger partial charge in [-0.3, -0.25) is 4.79 Å². The van der Waals surface area contributed by atoms with Gasteiger partial charge < -0.3 is 10.1 Å². The summed E-state index contributed by atoms with van der Waals surface area (Å²) in [5.74, 6) is 1.15. The van der Waals surface area contributed by atoms with E-state index in [9.17, 15) is 4.79 Å². The summed E-state index contributed by atoms with van der Waals surface area (Å²) in [6, 6.07) is 13.1. The molecule has 162 valence electrons. The van der Waals surface area contributed by atoms with Crippen LogP contribution in [-0.2, 0) is 4.79 Å². The average Bonchev–Trinajstić information content (AvgIpc) is 3.12. The molecule has 0 atom stereocenters. The molecule has 4 rings (SSSR count). The van der Waals surface area contributed by atoms with Crippen LogP contribution in [0.15, 0.2) is 42.5 Å². The Hall–Kier alpha value is -2.57. The van der Waals surface area contributed by atoms with Crippen LogP contribution in [0, 0.1) is 11.8 Å². The maximum Gasteiger partial charge on any atom is 0.336 e. The number of ether oxygens (including phenoxy) is 1. The molecule has 8 heteroatoms. The molecule has 1 aromatic heterocycles. The third-order valence-corrected chi connectivity index (χ3v) is 5.91. The molecule has 31 heavy (non-hydrogen) atoms. The maximum atomic E-state index is 12.2. The van der Waals surface area contributed by atoms with Crippen LogP contribution in [-0.4, -0.2) is 27.3 Å². The zero-order valence-electron chi connectivity index (χ0n) is 17.4. The Balaban J connectivity index is 1.63. The summed E-state index contributed by atoms with van der Waals surface area (Å²) < 4.78 is 7.45. The summed E-state index contributed by atoms with van der Waals surface area (Å²) in [6.07, 6.45) is 3.06. The number of carbonyl (C=O) groups is 1. The van der Waals surface area contributed by atoms with Crippen LogP contribution < -0.4 is 10.1 Å². The Morgan fingerprint density at radius 3 is 2.52 bits per heavy atom. The molecular weight excluding hydrogens is 435 g/mol. The van der Waals surface area contributed by atoms with Crippen molar-refractivity contribution in [3.05, 3.63) is 52.5 Å². The number of hydrogen-bond donors (Lipinski definition) is 1. The standard InChI is InChI=1S/C23H24Cl2N4O2/c1-14(2)13-31-23-27-21(16-6-11-19(24)20(25)12-16)29(28-23)18-9-7-17(8-10-18)26-22(30)15-4-3-5-15/h6-12,14-15H,3-5,13H2,1-2H3,(H,26,30).